The lowest BCUT2D eigenvalue weighted by Crippen LogP contribution is -1.87. The van der Waals surface area contributed by atoms with E-state index < -0.39 is 0 Å². The number of methoxy groups -OCH3 is 2. The molecule has 1 radical (unpaired) electrons. The maximum Gasteiger partial charge on any atom is 0.200 e. The molecule has 0 fully saturated rings. The van der Waals surface area contributed by atoms with Crippen LogP contribution in [-0.2, 0) is 0 Å². The largest absolute Gasteiger partial charge is 0.502 e. The summed E-state index contributed by atoms with van der Waals surface area (Å²) in [6.45, 7) is 0. The summed E-state index contributed by atoms with van der Waals surface area (Å²) in [5.74, 6) is 0.738. The van der Waals surface area contributed by atoms with Crippen molar-refractivity contribution in [3.8, 4) is 17.2 Å². The first-order valence-electron chi connectivity index (χ1n) is 3.10. The number of aromatic hydroxyl groups is 1. The van der Waals surface area contributed by atoms with Gasteiger partial charge in [-0.1, -0.05) is 0 Å². The SMILES string of the molecule is COc1c[c]cc(OC)c1O. The van der Waals surface area contributed by atoms with Gasteiger partial charge in [-0.05, 0) is 18.2 Å². The van der Waals surface area contributed by atoms with E-state index in [1.54, 1.807) is 0 Å². The Bertz CT molecular complexity index is 223. The minimum atomic E-state index is 0.00810. The highest BCUT2D eigenvalue weighted by atomic mass is 16.5. The van der Waals surface area contributed by atoms with Gasteiger partial charge in [0.05, 0.1) is 14.2 Å². The van der Waals surface area contributed by atoms with E-state index in [-0.39, 0.29) is 5.75 Å². The first-order valence-corrected chi connectivity index (χ1v) is 3.10. The van der Waals surface area contributed by atoms with Gasteiger partial charge in [0.15, 0.2) is 11.5 Å². The molecule has 1 rings (SSSR count). The third kappa shape index (κ3) is 1.37. The molecule has 3 heteroatoms. The van der Waals surface area contributed by atoms with Gasteiger partial charge in [0.25, 0.3) is 0 Å². The highest BCUT2D eigenvalue weighted by Crippen LogP contribution is 2.34. The summed E-state index contributed by atoms with van der Waals surface area (Å²) in [6, 6.07) is 5.84. The second-order valence-corrected chi connectivity index (χ2v) is 1.94. The average molecular weight is 153 g/mol. The van der Waals surface area contributed by atoms with Crippen LogP contribution in [0.2, 0.25) is 0 Å². The van der Waals surface area contributed by atoms with Crippen LogP contribution in [0.4, 0.5) is 0 Å². The molecule has 59 valence electrons. The number of benzene rings is 1. The summed E-state index contributed by atoms with van der Waals surface area (Å²) in [7, 11) is 2.95. The molecule has 11 heavy (non-hydrogen) atoms. The third-order valence-electron chi connectivity index (χ3n) is 1.34. The molecule has 1 aromatic carbocycles. The Hall–Kier alpha value is -1.38. The number of phenols is 1. The van der Waals surface area contributed by atoms with Gasteiger partial charge >= 0.3 is 0 Å². The summed E-state index contributed by atoms with van der Waals surface area (Å²) in [5.41, 5.74) is 0. The Morgan fingerprint density at radius 3 is 2.00 bits per heavy atom. The van der Waals surface area contributed by atoms with Crippen LogP contribution in [0, 0.1) is 6.07 Å². The lowest BCUT2D eigenvalue weighted by Gasteiger charge is -2.05. The molecule has 0 aliphatic heterocycles. The van der Waals surface area contributed by atoms with Crippen molar-refractivity contribution >= 4 is 0 Å². The van der Waals surface area contributed by atoms with Crippen LogP contribution in [-0.4, -0.2) is 19.3 Å². The summed E-state index contributed by atoms with van der Waals surface area (Å²) < 4.78 is 9.65. The highest BCUT2D eigenvalue weighted by Gasteiger charge is 2.05. The van der Waals surface area contributed by atoms with Gasteiger partial charge in [0, 0.05) is 0 Å². The number of hydrogen-bond donors (Lipinski definition) is 1. The Labute approximate surface area is 65.2 Å². The molecule has 1 aromatic rings. The molecule has 0 bridgehead atoms. The molecule has 0 aromatic heterocycles. The zero-order chi connectivity index (χ0) is 8.27. The number of phenolic OH excluding ortho intramolecular Hbond substituents is 1. The van der Waals surface area contributed by atoms with E-state index in [1.807, 2.05) is 0 Å². The van der Waals surface area contributed by atoms with Crippen LogP contribution in [0.5, 0.6) is 17.2 Å². The maximum atomic E-state index is 9.32. The fourth-order valence-corrected chi connectivity index (χ4v) is 0.762. The minimum absolute atomic E-state index is 0.00810. The van der Waals surface area contributed by atoms with Crippen molar-refractivity contribution in [3.05, 3.63) is 18.2 Å². The number of ether oxygens (including phenoxy) is 2. The molecule has 1 N–H and O–H groups in total. The molecule has 0 aliphatic rings. The third-order valence-corrected chi connectivity index (χ3v) is 1.34. The van der Waals surface area contributed by atoms with Crippen molar-refractivity contribution in [2.45, 2.75) is 0 Å². The molecule has 0 amide bonds. The van der Waals surface area contributed by atoms with Gasteiger partial charge in [-0.15, -0.1) is 0 Å². The Balaban J connectivity index is 3.10. The topological polar surface area (TPSA) is 38.7 Å². The predicted octanol–water partition coefficient (Wildman–Crippen LogP) is 1.21. The van der Waals surface area contributed by atoms with Crippen LogP contribution >= 0.6 is 0 Å². The Morgan fingerprint density at radius 2 is 1.64 bits per heavy atom. The van der Waals surface area contributed by atoms with E-state index in [0.29, 0.717) is 11.5 Å². The normalized spacial score (nSPS) is 9.27. The number of hydrogen-bond acceptors (Lipinski definition) is 3. The molecule has 3 nitrogen and oxygen atoms in total. The number of rotatable bonds is 2. The standard InChI is InChI=1S/C8H9O3/c1-10-6-4-3-5-7(11-2)8(6)9/h4-5,9H,1-2H3. The summed E-state index contributed by atoms with van der Waals surface area (Å²) in [6.07, 6.45) is 0. The van der Waals surface area contributed by atoms with Gasteiger partial charge in [0.1, 0.15) is 0 Å². The molecule has 0 saturated heterocycles. The quantitative estimate of drug-likeness (QED) is 0.694. The van der Waals surface area contributed by atoms with Gasteiger partial charge in [0.2, 0.25) is 5.75 Å². The summed E-state index contributed by atoms with van der Waals surface area (Å²) in [4.78, 5) is 0. The van der Waals surface area contributed by atoms with E-state index in [9.17, 15) is 5.11 Å². The monoisotopic (exact) mass is 153 g/mol. The first-order chi connectivity index (χ1) is 5.29. The predicted molar refractivity (Wildman–Crippen MR) is 40.0 cm³/mol. The Morgan fingerprint density at radius 1 is 1.18 bits per heavy atom. The summed E-state index contributed by atoms with van der Waals surface area (Å²) >= 11 is 0. The van der Waals surface area contributed by atoms with E-state index in [0.717, 1.165) is 0 Å². The molecular weight excluding hydrogens is 144 g/mol. The van der Waals surface area contributed by atoms with Crippen molar-refractivity contribution in [1.29, 1.82) is 0 Å². The molecular formula is C8H9O3. The van der Waals surface area contributed by atoms with Crippen molar-refractivity contribution in [3.63, 3.8) is 0 Å². The molecule has 0 atom stereocenters. The van der Waals surface area contributed by atoms with Crippen molar-refractivity contribution in [2.75, 3.05) is 14.2 Å². The molecule has 0 unspecified atom stereocenters. The lowest BCUT2D eigenvalue weighted by molar-refractivity contribution is 0.340. The van der Waals surface area contributed by atoms with E-state index >= 15 is 0 Å². The zero-order valence-corrected chi connectivity index (χ0v) is 6.42. The van der Waals surface area contributed by atoms with Crippen molar-refractivity contribution < 1.29 is 14.6 Å². The van der Waals surface area contributed by atoms with Gasteiger partial charge in [-0.25, -0.2) is 0 Å². The molecule has 0 heterocycles. The molecule has 0 spiro atoms. The molecule has 0 aliphatic carbocycles. The minimum Gasteiger partial charge on any atom is -0.502 e. The van der Waals surface area contributed by atoms with Crippen molar-refractivity contribution in [2.24, 2.45) is 0 Å². The van der Waals surface area contributed by atoms with Crippen LogP contribution in [0.1, 0.15) is 0 Å². The van der Waals surface area contributed by atoms with Crippen LogP contribution in [0.25, 0.3) is 0 Å². The zero-order valence-electron chi connectivity index (χ0n) is 6.42. The van der Waals surface area contributed by atoms with Gasteiger partial charge in [-0.3, -0.25) is 0 Å². The second-order valence-electron chi connectivity index (χ2n) is 1.94. The highest BCUT2D eigenvalue weighted by molar-refractivity contribution is 5.49. The first kappa shape index (κ1) is 7.72. The van der Waals surface area contributed by atoms with Crippen LogP contribution < -0.4 is 9.47 Å². The van der Waals surface area contributed by atoms with E-state index in [4.69, 9.17) is 9.47 Å². The van der Waals surface area contributed by atoms with Gasteiger partial charge in [-0.2, -0.15) is 0 Å². The average Bonchev–Trinajstić information content (AvgIpc) is 2.05. The van der Waals surface area contributed by atoms with Crippen LogP contribution in [0.15, 0.2) is 12.1 Å². The van der Waals surface area contributed by atoms with E-state index in [2.05, 4.69) is 6.07 Å². The van der Waals surface area contributed by atoms with Crippen LogP contribution in [0.3, 0.4) is 0 Å². The fourth-order valence-electron chi connectivity index (χ4n) is 0.762. The second kappa shape index (κ2) is 3.14. The van der Waals surface area contributed by atoms with Gasteiger partial charge < -0.3 is 14.6 Å². The maximum absolute atomic E-state index is 9.32. The fraction of sp³-hybridized carbons (Fsp3) is 0.250. The summed E-state index contributed by atoms with van der Waals surface area (Å²) in [5, 5.41) is 9.32. The molecule has 0 saturated carbocycles. The smallest absolute Gasteiger partial charge is 0.200 e. The lowest BCUT2D eigenvalue weighted by atomic mass is 10.3. The Kier molecular flexibility index (Phi) is 2.21. The van der Waals surface area contributed by atoms with Crippen molar-refractivity contribution in [1.82, 2.24) is 0 Å². The van der Waals surface area contributed by atoms with E-state index in [1.165, 1.54) is 26.4 Å².